The molecule has 3 amide bonds. The molecule has 0 saturated carbocycles. The van der Waals surface area contributed by atoms with Crippen LogP contribution in [-0.4, -0.2) is 76.5 Å². The maximum absolute atomic E-state index is 13.6. The molecule has 48 heavy (non-hydrogen) atoms. The number of ether oxygens (including phenoxy) is 1. The number of nitrogen functional groups attached to an aromatic ring is 1. The van der Waals surface area contributed by atoms with Gasteiger partial charge in [-0.1, -0.05) is 31.2 Å². The van der Waals surface area contributed by atoms with Crippen molar-refractivity contribution in [3.05, 3.63) is 114 Å². The molecule has 1 aliphatic heterocycles. The van der Waals surface area contributed by atoms with Crippen LogP contribution in [0.4, 0.5) is 17.1 Å². The predicted octanol–water partition coefficient (Wildman–Crippen LogP) is 4.45. The molecular weight excluding hydrogens is 608 g/mol. The number of hydrogen-bond acceptors (Lipinski definition) is 8. The third-order valence-corrected chi connectivity index (χ3v) is 8.49. The van der Waals surface area contributed by atoms with Crippen molar-refractivity contribution in [1.82, 2.24) is 14.8 Å². The number of carbonyl (C=O) groups is 3. The number of pyridine rings is 1. The minimum Gasteiger partial charge on any atom is -0.488 e. The van der Waals surface area contributed by atoms with Crippen molar-refractivity contribution in [3.8, 4) is 5.75 Å². The molecule has 250 valence electrons. The molecule has 5 rings (SSSR count). The molecular formula is C37H42N6O5. The van der Waals surface area contributed by atoms with Crippen molar-refractivity contribution < 1.29 is 24.2 Å². The second-order valence-corrected chi connectivity index (χ2v) is 12.3. The third kappa shape index (κ3) is 8.55. The number of amides is 3. The number of aliphatic hydroxyl groups is 1. The van der Waals surface area contributed by atoms with E-state index in [1.54, 1.807) is 71.9 Å². The van der Waals surface area contributed by atoms with Gasteiger partial charge in [0.25, 0.3) is 11.8 Å². The molecule has 2 heterocycles. The normalized spacial score (nSPS) is 16.9. The molecule has 0 spiro atoms. The highest BCUT2D eigenvalue weighted by atomic mass is 16.5. The van der Waals surface area contributed by atoms with E-state index in [-0.39, 0.29) is 48.8 Å². The van der Waals surface area contributed by atoms with Gasteiger partial charge < -0.3 is 31.1 Å². The van der Waals surface area contributed by atoms with Crippen molar-refractivity contribution in [2.24, 2.45) is 5.92 Å². The minimum absolute atomic E-state index is 0.0602. The van der Waals surface area contributed by atoms with Gasteiger partial charge in [0.15, 0.2) is 0 Å². The second-order valence-electron chi connectivity index (χ2n) is 12.3. The quantitative estimate of drug-likeness (QED) is 0.184. The number of rotatable bonds is 10. The molecule has 1 aromatic heterocycles. The SMILES string of the molecule is C[C@@H]1CN([C@@H](C)CO)C(=O)Cc2cc(NC(=O)c3ccncc3)ccc2O[C@@H]1CN(C)Cc1ccc(C(=O)Nc2ccccc2N)cc1. The van der Waals surface area contributed by atoms with Gasteiger partial charge in [0.05, 0.1) is 30.4 Å². The number of aliphatic hydroxyl groups excluding tert-OH is 1. The van der Waals surface area contributed by atoms with Gasteiger partial charge in [0, 0.05) is 60.3 Å². The summed E-state index contributed by atoms with van der Waals surface area (Å²) < 4.78 is 6.64. The third-order valence-electron chi connectivity index (χ3n) is 8.49. The molecule has 5 N–H and O–H groups in total. The molecule has 0 radical (unpaired) electrons. The van der Waals surface area contributed by atoms with Gasteiger partial charge in [-0.2, -0.15) is 0 Å². The molecule has 1 aliphatic rings. The highest BCUT2D eigenvalue weighted by Gasteiger charge is 2.31. The summed E-state index contributed by atoms with van der Waals surface area (Å²) in [6, 6.07) is 22.8. The summed E-state index contributed by atoms with van der Waals surface area (Å²) in [6.45, 7) is 5.27. The van der Waals surface area contributed by atoms with Crippen LogP contribution in [0.15, 0.2) is 91.3 Å². The van der Waals surface area contributed by atoms with Crippen LogP contribution >= 0.6 is 0 Å². The lowest BCUT2D eigenvalue weighted by Crippen LogP contribution is -2.47. The number of benzene rings is 3. The van der Waals surface area contributed by atoms with E-state index in [0.29, 0.717) is 59.1 Å². The van der Waals surface area contributed by atoms with E-state index in [1.165, 1.54) is 0 Å². The molecule has 0 aliphatic carbocycles. The molecule has 0 fully saturated rings. The number of nitrogens with zero attached hydrogens (tertiary/aromatic N) is 3. The van der Waals surface area contributed by atoms with Crippen LogP contribution in [-0.2, 0) is 17.8 Å². The van der Waals surface area contributed by atoms with Crippen LogP contribution in [0.2, 0.25) is 0 Å². The van der Waals surface area contributed by atoms with Crippen molar-refractivity contribution in [1.29, 1.82) is 0 Å². The topological polar surface area (TPSA) is 150 Å². The highest BCUT2D eigenvalue weighted by Crippen LogP contribution is 2.30. The fourth-order valence-electron chi connectivity index (χ4n) is 5.68. The summed E-state index contributed by atoms with van der Waals surface area (Å²) in [4.78, 5) is 47.0. The number of likely N-dealkylation sites (N-methyl/N-ethyl adjacent to an activating group) is 1. The Balaban J connectivity index is 1.31. The molecule has 3 atom stereocenters. The Bertz CT molecular complexity index is 1730. The molecule has 0 unspecified atom stereocenters. The number of anilines is 3. The Morgan fingerprint density at radius 3 is 2.42 bits per heavy atom. The minimum atomic E-state index is -0.372. The fourth-order valence-corrected chi connectivity index (χ4v) is 5.68. The molecule has 4 aromatic rings. The Morgan fingerprint density at radius 1 is 1.02 bits per heavy atom. The molecule has 0 saturated heterocycles. The van der Waals surface area contributed by atoms with Crippen molar-refractivity contribution in [3.63, 3.8) is 0 Å². The first-order chi connectivity index (χ1) is 23.1. The van der Waals surface area contributed by atoms with Gasteiger partial charge in [-0.05, 0) is 74.1 Å². The fraction of sp³-hybridized carbons (Fsp3) is 0.297. The number of fused-ring (bicyclic) bond motifs is 1. The molecule has 11 nitrogen and oxygen atoms in total. The highest BCUT2D eigenvalue weighted by molar-refractivity contribution is 6.06. The van der Waals surface area contributed by atoms with E-state index >= 15 is 0 Å². The number of nitrogens with two attached hydrogens (primary N) is 1. The number of aromatic nitrogens is 1. The van der Waals surface area contributed by atoms with E-state index in [4.69, 9.17) is 10.5 Å². The van der Waals surface area contributed by atoms with Crippen molar-refractivity contribution >= 4 is 34.8 Å². The predicted molar refractivity (Wildman–Crippen MR) is 186 cm³/mol. The number of carbonyl (C=O) groups excluding carboxylic acids is 3. The van der Waals surface area contributed by atoms with E-state index < -0.39 is 0 Å². The van der Waals surface area contributed by atoms with Crippen LogP contribution in [0.5, 0.6) is 5.75 Å². The van der Waals surface area contributed by atoms with Gasteiger partial charge in [-0.3, -0.25) is 24.3 Å². The van der Waals surface area contributed by atoms with Crippen LogP contribution in [0.1, 0.15) is 45.7 Å². The lowest BCUT2D eigenvalue weighted by molar-refractivity contribution is -0.134. The standard InChI is InChI=1S/C37H42N6O5/c1-24-20-43(25(2)23-44)35(45)19-29-18-30(40-36(46)28-14-16-39-17-15-28)12-13-33(29)48-34(24)22-42(3)21-26-8-10-27(11-9-26)37(47)41-32-7-5-4-6-31(32)38/h4-18,24-25,34,44H,19-23,38H2,1-3H3,(H,40,46)(H,41,47)/t24-,25+,34-/m1/s1. The van der Waals surface area contributed by atoms with Gasteiger partial charge in [0.1, 0.15) is 11.9 Å². The van der Waals surface area contributed by atoms with E-state index in [2.05, 4.69) is 20.5 Å². The van der Waals surface area contributed by atoms with Crippen molar-refractivity contribution in [2.45, 2.75) is 39.0 Å². The Kier molecular flexibility index (Phi) is 11.0. The Morgan fingerprint density at radius 2 is 1.71 bits per heavy atom. The first-order valence-electron chi connectivity index (χ1n) is 16.0. The summed E-state index contributed by atoms with van der Waals surface area (Å²) in [5, 5.41) is 15.7. The summed E-state index contributed by atoms with van der Waals surface area (Å²) in [7, 11) is 2.00. The van der Waals surface area contributed by atoms with Crippen LogP contribution in [0.25, 0.3) is 0 Å². The van der Waals surface area contributed by atoms with E-state index in [0.717, 1.165) is 5.56 Å². The average molecular weight is 651 g/mol. The zero-order chi connectivity index (χ0) is 34.2. The number of nitrogens with one attached hydrogen (secondary N) is 2. The molecule has 0 bridgehead atoms. The summed E-state index contributed by atoms with van der Waals surface area (Å²) >= 11 is 0. The second kappa shape index (κ2) is 15.6. The Hall–Kier alpha value is -5.26. The van der Waals surface area contributed by atoms with Crippen LogP contribution in [0.3, 0.4) is 0 Å². The molecule has 11 heteroatoms. The molecule has 3 aromatic carbocycles. The van der Waals surface area contributed by atoms with E-state index in [1.807, 2.05) is 45.2 Å². The van der Waals surface area contributed by atoms with Gasteiger partial charge in [-0.15, -0.1) is 0 Å². The van der Waals surface area contributed by atoms with Crippen LogP contribution in [0, 0.1) is 5.92 Å². The maximum atomic E-state index is 13.6. The Labute approximate surface area is 280 Å². The summed E-state index contributed by atoms with van der Waals surface area (Å²) in [5.74, 6) is -0.150. The van der Waals surface area contributed by atoms with Crippen LogP contribution < -0.4 is 21.1 Å². The smallest absolute Gasteiger partial charge is 0.255 e. The average Bonchev–Trinajstić information content (AvgIpc) is 3.13. The summed E-state index contributed by atoms with van der Waals surface area (Å²) in [6.07, 6.45) is 2.87. The van der Waals surface area contributed by atoms with Gasteiger partial charge >= 0.3 is 0 Å². The first-order valence-corrected chi connectivity index (χ1v) is 16.0. The summed E-state index contributed by atoms with van der Waals surface area (Å²) in [5.41, 5.74) is 10.2. The van der Waals surface area contributed by atoms with E-state index in [9.17, 15) is 19.5 Å². The first kappa shape index (κ1) is 34.1. The van der Waals surface area contributed by atoms with Crippen molar-refractivity contribution in [2.75, 3.05) is 43.1 Å². The zero-order valence-corrected chi connectivity index (χ0v) is 27.4. The van der Waals surface area contributed by atoms with Gasteiger partial charge in [-0.25, -0.2) is 0 Å². The van der Waals surface area contributed by atoms with Gasteiger partial charge in [0.2, 0.25) is 5.91 Å². The number of hydrogen-bond donors (Lipinski definition) is 4. The number of para-hydroxylation sites is 2. The lowest BCUT2D eigenvalue weighted by atomic mass is 10.0. The lowest BCUT2D eigenvalue weighted by Gasteiger charge is -2.34. The zero-order valence-electron chi connectivity index (χ0n) is 27.4. The largest absolute Gasteiger partial charge is 0.488 e. The maximum Gasteiger partial charge on any atom is 0.255 e. The monoisotopic (exact) mass is 650 g/mol.